The van der Waals surface area contributed by atoms with E-state index in [0.717, 1.165) is 0 Å². The normalized spacial score (nSPS) is 11.8. The molecule has 0 aliphatic carbocycles. The molecule has 0 unspecified atom stereocenters. The van der Waals surface area contributed by atoms with Crippen molar-refractivity contribution in [2.24, 2.45) is 0 Å². The minimum Gasteiger partial charge on any atom is -0.263 e. The fourth-order valence-electron chi connectivity index (χ4n) is 0.778. The third kappa shape index (κ3) is 3.51. The van der Waals surface area contributed by atoms with Gasteiger partial charge in [-0.25, -0.2) is 18.1 Å². The minimum absolute atomic E-state index is 0.101. The van der Waals surface area contributed by atoms with Gasteiger partial charge < -0.3 is 0 Å². The number of H-pyrrole nitrogens is 1. The van der Waals surface area contributed by atoms with E-state index in [9.17, 15) is 8.42 Å². The molecule has 0 aromatic carbocycles. The van der Waals surface area contributed by atoms with Crippen LogP contribution in [0.4, 0.5) is 0 Å². The van der Waals surface area contributed by atoms with Gasteiger partial charge in [0, 0.05) is 13.0 Å². The minimum atomic E-state index is -3.08. The molecule has 0 atom stereocenters. The van der Waals surface area contributed by atoms with Gasteiger partial charge in [0.15, 0.2) is 0 Å². The van der Waals surface area contributed by atoms with Crippen LogP contribution in [0.25, 0.3) is 0 Å². The van der Waals surface area contributed by atoms with Crippen LogP contribution >= 0.6 is 0 Å². The molecule has 0 spiro atoms. The topological polar surface area (TPSA) is 87.7 Å². The van der Waals surface area contributed by atoms with E-state index in [-0.39, 0.29) is 5.75 Å². The van der Waals surface area contributed by atoms with Crippen LogP contribution in [0.2, 0.25) is 0 Å². The lowest BCUT2D eigenvalue weighted by atomic mass is 10.4. The fraction of sp³-hybridized carbons (Fsp3) is 0.667. The van der Waals surface area contributed by atoms with Gasteiger partial charge in [-0.1, -0.05) is 0 Å². The molecule has 1 aromatic heterocycles. The highest BCUT2D eigenvalue weighted by Crippen LogP contribution is 1.87. The Balaban J connectivity index is 2.30. The maximum atomic E-state index is 11.0. The molecule has 0 saturated carbocycles. The molecule has 1 heterocycles. The van der Waals surface area contributed by atoms with Crippen LogP contribution in [0.1, 0.15) is 12.7 Å². The van der Waals surface area contributed by atoms with E-state index in [0.29, 0.717) is 18.8 Å². The number of nitrogens with zero attached hydrogens (tertiary/aromatic N) is 2. The van der Waals surface area contributed by atoms with E-state index in [4.69, 9.17) is 0 Å². The first-order valence-corrected chi connectivity index (χ1v) is 5.61. The molecular weight excluding hydrogens is 192 g/mol. The number of aromatic nitrogens is 3. The van der Waals surface area contributed by atoms with Crippen molar-refractivity contribution >= 4 is 10.0 Å². The van der Waals surface area contributed by atoms with Crippen molar-refractivity contribution in [1.82, 2.24) is 19.9 Å². The number of hydrogen-bond acceptors (Lipinski definition) is 4. The summed E-state index contributed by atoms with van der Waals surface area (Å²) in [4.78, 5) is 3.86. The van der Waals surface area contributed by atoms with Crippen LogP contribution < -0.4 is 4.72 Å². The summed E-state index contributed by atoms with van der Waals surface area (Å²) in [5, 5.41) is 6.29. The molecule has 0 fully saturated rings. The summed E-state index contributed by atoms with van der Waals surface area (Å²) in [5.41, 5.74) is 0. The summed E-state index contributed by atoms with van der Waals surface area (Å²) in [7, 11) is -3.08. The standard InChI is InChI=1S/C6H12N4O2S/c1-2-13(11,12)9-4-3-6-7-5-8-10-6/h5,9H,2-4H2,1H3,(H,7,8,10). The van der Waals surface area contributed by atoms with E-state index >= 15 is 0 Å². The highest BCUT2D eigenvalue weighted by Gasteiger charge is 2.05. The van der Waals surface area contributed by atoms with Crippen LogP contribution in [0.5, 0.6) is 0 Å². The lowest BCUT2D eigenvalue weighted by molar-refractivity contribution is 0.582. The second-order valence-corrected chi connectivity index (χ2v) is 4.58. The Morgan fingerprint density at radius 1 is 1.62 bits per heavy atom. The van der Waals surface area contributed by atoms with Crippen molar-refractivity contribution in [2.75, 3.05) is 12.3 Å². The Bertz CT molecular complexity index is 332. The maximum Gasteiger partial charge on any atom is 0.211 e. The summed E-state index contributed by atoms with van der Waals surface area (Å²) in [6.07, 6.45) is 1.92. The van der Waals surface area contributed by atoms with E-state index < -0.39 is 10.0 Å². The van der Waals surface area contributed by atoms with Gasteiger partial charge in [-0.3, -0.25) is 5.10 Å². The molecule has 0 aliphatic heterocycles. The van der Waals surface area contributed by atoms with Crippen molar-refractivity contribution in [3.63, 3.8) is 0 Å². The van der Waals surface area contributed by atoms with Gasteiger partial charge in [0.05, 0.1) is 5.75 Å². The summed E-state index contributed by atoms with van der Waals surface area (Å²) in [6, 6.07) is 0. The first-order chi connectivity index (χ1) is 6.14. The molecule has 13 heavy (non-hydrogen) atoms. The predicted octanol–water partition coefficient (Wildman–Crippen LogP) is -0.713. The van der Waals surface area contributed by atoms with Crippen LogP contribution in [0.15, 0.2) is 6.33 Å². The van der Waals surface area contributed by atoms with Gasteiger partial charge in [-0.15, -0.1) is 0 Å². The van der Waals surface area contributed by atoms with E-state index in [2.05, 4.69) is 19.9 Å². The van der Waals surface area contributed by atoms with Crippen LogP contribution in [0, 0.1) is 0 Å². The predicted molar refractivity (Wildman–Crippen MR) is 47.6 cm³/mol. The summed E-state index contributed by atoms with van der Waals surface area (Å²) in [6.45, 7) is 1.95. The Hall–Kier alpha value is -0.950. The second kappa shape index (κ2) is 4.33. The van der Waals surface area contributed by atoms with Crippen molar-refractivity contribution in [2.45, 2.75) is 13.3 Å². The van der Waals surface area contributed by atoms with E-state index in [1.807, 2.05) is 0 Å². The Morgan fingerprint density at radius 3 is 2.92 bits per heavy atom. The summed E-state index contributed by atoms with van der Waals surface area (Å²) < 4.78 is 24.4. The number of hydrogen-bond donors (Lipinski definition) is 2. The molecule has 1 rings (SSSR count). The molecule has 2 N–H and O–H groups in total. The molecule has 74 valence electrons. The van der Waals surface area contributed by atoms with Gasteiger partial charge in [0.25, 0.3) is 0 Å². The quantitative estimate of drug-likeness (QED) is 0.663. The molecule has 0 bridgehead atoms. The molecule has 0 amide bonds. The third-order valence-corrected chi connectivity index (χ3v) is 2.93. The lowest BCUT2D eigenvalue weighted by Gasteiger charge is -2.01. The largest absolute Gasteiger partial charge is 0.263 e. The van der Waals surface area contributed by atoms with E-state index in [1.165, 1.54) is 6.33 Å². The molecule has 0 saturated heterocycles. The molecular formula is C6H12N4O2S. The summed E-state index contributed by atoms with van der Waals surface area (Å²) >= 11 is 0. The second-order valence-electron chi connectivity index (χ2n) is 2.48. The zero-order valence-corrected chi connectivity index (χ0v) is 8.13. The molecule has 0 radical (unpaired) electrons. The zero-order chi connectivity index (χ0) is 9.73. The van der Waals surface area contributed by atoms with Crippen LogP contribution in [-0.2, 0) is 16.4 Å². The third-order valence-electron chi connectivity index (χ3n) is 1.53. The molecule has 1 aromatic rings. The van der Waals surface area contributed by atoms with Crippen LogP contribution in [0.3, 0.4) is 0 Å². The van der Waals surface area contributed by atoms with Crippen LogP contribution in [-0.4, -0.2) is 35.9 Å². The Labute approximate surface area is 76.8 Å². The maximum absolute atomic E-state index is 11.0. The van der Waals surface area contributed by atoms with Gasteiger partial charge >= 0.3 is 0 Å². The number of sulfonamides is 1. The summed E-state index contributed by atoms with van der Waals surface area (Å²) in [5.74, 6) is 0.780. The first-order valence-electron chi connectivity index (χ1n) is 3.95. The Morgan fingerprint density at radius 2 is 2.38 bits per heavy atom. The van der Waals surface area contributed by atoms with Gasteiger partial charge in [-0.05, 0) is 6.92 Å². The van der Waals surface area contributed by atoms with E-state index in [1.54, 1.807) is 6.92 Å². The molecule has 6 nitrogen and oxygen atoms in total. The van der Waals surface area contributed by atoms with Crippen molar-refractivity contribution in [3.8, 4) is 0 Å². The molecule has 7 heteroatoms. The lowest BCUT2D eigenvalue weighted by Crippen LogP contribution is -2.27. The van der Waals surface area contributed by atoms with Gasteiger partial charge in [0.1, 0.15) is 12.2 Å². The first kappa shape index (κ1) is 10.1. The fourth-order valence-corrected chi connectivity index (χ4v) is 1.40. The zero-order valence-electron chi connectivity index (χ0n) is 7.32. The van der Waals surface area contributed by atoms with Gasteiger partial charge in [-0.2, -0.15) is 5.10 Å². The highest BCUT2D eigenvalue weighted by molar-refractivity contribution is 7.89. The average molecular weight is 204 g/mol. The van der Waals surface area contributed by atoms with Crippen molar-refractivity contribution in [1.29, 1.82) is 0 Å². The number of nitrogens with one attached hydrogen (secondary N) is 2. The number of aromatic amines is 1. The van der Waals surface area contributed by atoms with Gasteiger partial charge in [0.2, 0.25) is 10.0 Å². The SMILES string of the molecule is CCS(=O)(=O)NCCc1ncn[nH]1. The highest BCUT2D eigenvalue weighted by atomic mass is 32.2. The smallest absolute Gasteiger partial charge is 0.211 e. The van der Waals surface area contributed by atoms with Crippen molar-refractivity contribution in [3.05, 3.63) is 12.2 Å². The van der Waals surface area contributed by atoms with Crippen molar-refractivity contribution < 1.29 is 8.42 Å². The monoisotopic (exact) mass is 204 g/mol. The average Bonchev–Trinajstić information content (AvgIpc) is 2.57. The number of rotatable bonds is 5. The Kier molecular flexibility index (Phi) is 3.38. The molecule has 0 aliphatic rings.